The first-order chi connectivity index (χ1) is 15.8. The Bertz CT molecular complexity index is 1190. The second kappa shape index (κ2) is 9.03. The fourth-order valence-corrected chi connectivity index (χ4v) is 4.56. The van der Waals surface area contributed by atoms with Crippen LogP contribution in [0.2, 0.25) is 0 Å². The van der Waals surface area contributed by atoms with E-state index in [1.807, 2.05) is 44.2 Å². The van der Waals surface area contributed by atoms with Crippen molar-refractivity contribution >= 4 is 29.2 Å². The first-order valence-corrected chi connectivity index (χ1v) is 11.3. The molecule has 33 heavy (non-hydrogen) atoms. The second-order valence-corrected chi connectivity index (χ2v) is 8.84. The highest BCUT2D eigenvalue weighted by molar-refractivity contribution is 7.13. The summed E-state index contributed by atoms with van der Waals surface area (Å²) >= 11 is 1.16. The molecule has 1 aliphatic heterocycles. The van der Waals surface area contributed by atoms with Crippen LogP contribution in [0.1, 0.15) is 44.8 Å². The summed E-state index contributed by atoms with van der Waals surface area (Å²) in [4.78, 5) is 43.5. The van der Waals surface area contributed by atoms with Gasteiger partial charge in [-0.15, -0.1) is 11.3 Å². The summed E-state index contributed by atoms with van der Waals surface area (Å²) in [7, 11) is 0. The predicted molar refractivity (Wildman–Crippen MR) is 124 cm³/mol. The molecule has 0 spiro atoms. The number of imide groups is 1. The molecule has 1 fully saturated rings. The van der Waals surface area contributed by atoms with Gasteiger partial charge in [0.2, 0.25) is 0 Å². The van der Waals surface area contributed by atoms with Gasteiger partial charge in [-0.25, -0.2) is 9.78 Å². The van der Waals surface area contributed by atoms with Crippen LogP contribution in [0.15, 0.2) is 54.6 Å². The van der Waals surface area contributed by atoms with Crippen LogP contribution in [-0.4, -0.2) is 27.8 Å². The number of thiazole rings is 1. The van der Waals surface area contributed by atoms with Crippen LogP contribution >= 0.6 is 11.3 Å². The molecule has 2 N–H and O–H groups in total. The molecule has 1 atom stereocenters. The smallest absolute Gasteiger partial charge is 0.344 e. The number of rotatable bonds is 7. The van der Waals surface area contributed by atoms with Crippen LogP contribution in [0, 0.1) is 13.8 Å². The van der Waals surface area contributed by atoms with E-state index in [1.165, 1.54) is 0 Å². The molecule has 4 rings (SSSR count). The van der Waals surface area contributed by atoms with Crippen LogP contribution in [-0.2, 0) is 16.9 Å². The molecular formula is C24H24N4O4S. The van der Waals surface area contributed by atoms with Gasteiger partial charge in [0.25, 0.3) is 11.8 Å². The highest BCUT2D eigenvalue weighted by Crippen LogP contribution is 2.32. The molecule has 1 unspecified atom stereocenters. The minimum absolute atomic E-state index is 0.206. The van der Waals surface area contributed by atoms with E-state index in [0.29, 0.717) is 33.3 Å². The summed E-state index contributed by atoms with van der Waals surface area (Å²) < 4.78 is 5.74. The number of ether oxygens (including phenoxy) is 1. The average molecular weight is 465 g/mol. The second-order valence-electron chi connectivity index (χ2n) is 7.76. The number of hydrogen-bond acceptors (Lipinski definition) is 6. The van der Waals surface area contributed by atoms with Crippen molar-refractivity contribution in [3.05, 3.63) is 81.3 Å². The van der Waals surface area contributed by atoms with E-state index in [4.69, 9.17) is 4.74 Å². The summed E-state index contributed by atoms with van der Waals surface area (Å²) in [6, 6.07) is 16.0. The van der Waals surface area contributed by atoms with Gasteiger partial charge >= 0.3 is 6.03 Å². The number of aryl methyl sites for hydroxylation is 2. The lowest BCUT2D eigenvalue weighted by Gasteiger charge is -2.25. The topological polar surface area (TPSA) is 101 Å². The monoisotopic (exact) mass is 464 g/mol. The molecule has 1 saturated heterocycles. The Balaban J connectivity index is 1.47. The van der Waals surface area contributed by atoms with E-state index in [-0.39, 0.29) is 6.61 Å². The summed E-state index contributed by atoms with van der Waals surface area (Å²) in [6.45, 7) is 5.71. The van der Waals surface area contributed by atoms with Crippen molar-refractivity contribution in [3.63, 3.8) is 0 Å². The summed E-state index contributed by atoms with van der Waals surface area (Å²) in [5.74, 6) is -0.398. The van der Waals surface area contributed by atoms with Gasteiger partial charge in [0, 0.05) is 0 Å². The average Bonchev–Trinajstić information content (AvgIpc) is 3.31. The van der Waals surface area contributed by atoms with E-state index < -0.39 is 23.4 Å². The van der Waals surface area contributed by atoms with Gasteiger partial charge in [-0.3, -0.25) is 15.0 Å². The Labute approximate surface area is 195 Å². The van der Waals surface area contributed by atoms with Crippen LogP contribution in [0.5, 0.6) is 5.75 Å². The molecule has 2 aromatic carbocycles. The third-order valence-corrected chi connectivity index (χ3v) is 6.66. The number of amides is 4. The molecule has 170 valence electrons. The third kappa shape index (κ3) is 4.31. The highest BCUT2D eigenvalue weighted by Gasteiger charge is 2.52. The first-order valence-electron chi connectivity index (χ1n) is 10.5. The van der Waals surface area contributed by atoms with Crippen molar-refractivity contribution in [2.75, 3.05) is 0 Å². The van der Waals surface area contributed by atoms with Gasteiger partial charge in [0.1, 0.15) is 27.8 Å². The molecule has 0 bridgehead atoms. The molecule has 0 radical (unpaired) electrons. The van der Waals surface area contributed by atoms with E-state index in [1.54, 1.807) is 31.2 Å². The third-order valence-electron chi connectivity index (χ3n) is 5.53. The van der Waals surface area contributed by atoms with Gasteiger partial charge < -0.3 is 10.1 Å². The number of benzene rings is 2. The molecule has 2 heterocycles. The maximum atomic E-state index is 13.2. The van der Waals surface area contributed by atoms with Crippen LogP contribution in [0.4, 0.5) is 4.79 Å². The van der Waals surface area contributed by atoms with Crippen LogP contribution < -0.4 is 15.5 Å². The predicted octanol–water partition coefficient (Wildman–Crippen LogP) is 3.84. The standard InChI is InChI=1S/C24H24N4O4S/c1-4-24(17-8-6-5-7-9-17)22(30)28(23(31)26-24)27-21(29)20-16(3)25-19(33-20)14-32-18-12-10-15(2)11-13-18/h5-13H,4,14H2,1-3H3,(H,26,31)(H,27,29). The zero-order chi connectivity index (χ0) is 23.6. The molecular weight excluding hydrogens is 440 g/mol. The molecule has 4 amide bonds. The number of hydrogen-bond donors (Lipinski definition) is 2. The van der Waals surface area contributed by atoms with Crippen molar-refractivity contribution in [3.8, 4) is 5.75 Å². The molecule has 8 nitrogen and oxygen atoms in total. The van der Waals surface area contributed by atoms with Crippen molar-refractivity contribution in [2.24, 2.45) is 0 Å². The number of carbonyl (C=O) groups is 3. The fraction of sp³-hybridized carbons (Fsp3) is 0.250. The molecule has 0 aliphatic carbocycles. The van der Waals surface area contributed by atoms with Gasteiger partial charge in [-0.2, -0.15) is 5.01 Å². The van der Waals surface area contributed by atoms with Gasteiger partial charge in [-0.05, 0) is 38.0 Å². The first kappa shape index (κ1) is 22.5. The summed E-state index contributed by atoms with van der Waals surface area (Å²) in [6.07, 6.45) is 0.341. The highest BCUT2D eigenvalue weighted by atomic mass is 32.1. The van der Waals surface area contributed by atoms with E-state index in [2.05, 4.69) is 15.7 Å². The zero-order valence-corrected chi connectivity index (χ0v) is 19.4. The number of nitrogens with zero attached hydrogens (tertiary/aromatic N) is 2. The van der Waals surface area contributed by atoms with E-state index in [9.17, 15) is 14.4 Å². The lowest BCUT2D eigenvalue weighted by atomic mass is 9.87. The quantitative estimate of drug-likeness (QED) is 0.518. The Morgan fingerprint density at radius 1 is 1.12 bits per heavy atom. The van der Waals surface area contributed by atoms with Crippen molar-refractivity contribution < 1.29 is 19.1 Å². The maximum absolute atomic E-state index is 13.2. The molecule has 1 aromatic heterocycles. The minimum Gasteiger partial charge on any atom is -0.486 e. The van der Waals surface area contributed by atoms with Crippen LogP contribution in [0.3, 0.4) is 0 Å². The Morgan fingerprint density at radius 2 is 1.82 bits per heavy atom. The van der Waals surface area contributed by atoms with Crippen molar-refractivity contribution in [1.82, 2.24) is 20.7 Å². The van der Waals surface area contributed by atoms with Gasteiger partial charge in [0.15, 0.2) is 0 Å². The SMILES string of the molecule is CCC1(c2ccccc2)NC(=O)N(NC(=O)c2sc(COc3ccc(C)cc3)nc2C)C1=O. The number of carbonyl (C=O) groups excluding carboxylic acids is 3. The van der Waals surface area contributed by atoms with Crippen molar-refractivity contribution in [1.29, 1.82) is 0 Å². The maximum Gasteiger partial charge on any atom is 0.344 e. The van der Waals surface area contributed by atoms with E-state index >= 15 is 0 Å². The zero-order valence-electron chi connectivity index (χ0n) is 18.5. The summed E-state index contributed by atoms with van der Waals surface area (Å²) in [5, 5.41) is 4.11. The number of aromatic nitrogens is 1. The summed E-state index contributed by atoms with van der Waals surface area (Å²) in [5.41, 5.74) is 3.52. The van der Waals surface area contributed by atoms with Gasteiger partial charge in [-0.1, -0.05) is 55.0 Å². The Hall–Kier alpha value is -3.72. The number of nitrogens with one attached hydrogen (secondary N) is 2. The van der Waals surface area contributed by atoms with Gasteiger partial charge in [0.05, 0.1) is 5.69 Å². The molecule has 0 saturated carbocycles. The number of hydrazine groups is 1. The van der Waals surface area contributed by atoms with Crippen molar-refractivity contribution in [2.45, 2.75) is 39.3 Å². The fourth-order valence-electron chi connectivity index (χ4n) is 3.70. The Kier molecular flexibility index (Phi) is 6.15. The minimum atomic E-state index is -1.22. The molecule has 1 aliphatic rings. The molecule has 9 heteroatoms. The lowest BCUT2D eigenvalue weighted by molar-refractivity contribution is -0.133. The van der Waals surface area contributed by atoms with E-state index in [0.717, 1.165) is 21.9 Å². The normalized spacial score (nSPS) is 17.7. The van der Waals surface area contributed by atoms with Crippen LogP contribution in [0.25, 0.3) is 0 Å². The lowest BCUT2D eigenvalue weighted by Crippen LogP contribution is -2.48. The largest absolute Gasteiger partial charge is 0.486 e. The Morgan fingerprint density at radius 3 is 2.48 bits per heavy atom. The molecule has 3 aromatic rings. The number of urea groups is 1.